The second-order valence-corrected chi connectivity index (χ2v) is 7.23. The SMILES string of the molecule is FC(F)Cn1ccc2c(OC3CCN(CC4COCCO4)CC3)cccc21. The van der Waals surface area contributed by atoms with Crippen molar-refractivity contribution in [2.45, 2.75) is 38.0 Å². The molecule has 0 aliphatic carbocycles. The third-order valence-electron chi connectivity index (χ3n) is 5.28. The van der Waals surface area contributed by atoms with Gasteiger partial charge >= 0.3 is 0 Å². The fourth-order valence-electron chi connectivity index (χ4n) is 3.93. The van der Waals surface area contributed by atoms with Gasteiger partial charge in [-0.15, -0.1) is 0 Å². The summed E-state index contributed by atoms with van der Waals surface area (Å²) in [4.78, 5) is 2.40. The molecule has 0 radical (unpaired) electrons. The van der Waals surface area contributed by atoms with Gasteiger partial charge in [-0.2, -0.15) is 0 Å². The number of hydrogen-bond acceptors (Lipinski definition) is 4. The predicted octanol–water partition coefficient (Wildman–Crippen LogP) is 3.17. The zero-order chi connectivity index (χ0) is 18.6. The second kappa shape index (κ2) is 8.54. The minimum Gasteiger partial charge on any atom is -0.490 e. The average Bonchev–Trinajstić information content (AvgIpc) is 3.08. The highest BCUT2D eigenvalue weighted by Gasteiger charge is 2.25. The van der Waals surface area contributed by atoms with Gasteiger partial charge in [0, 0.05) is 31.2 Å². The molecule has 7 heteroatoms. The molecule has 0 amide bonds. The van der Waals surface area contributed by atoms with E-state index in [2.05, 4.69) is 4.90 Å². The second-order valence-electron chi connectivity index (χ2n) is 7.23. The summed E-state index contributed by atoms with van der Waals surface area (Å²) in [5.41, 5.74) is 0.791. The first-order valence-corrected chi connectivity index (χ1v) is 9.63. The van der Waals surface area contributed by atoms with Crippen LogP contribution in [0.2, 0.25) is 0 Å². The van der Waals surface area contributed by atoms with E-state index >= 15 is 0 Å². The number of aromatic nitrogens is 1. The molecule has 1 unspecified atom stereocenters. The summed E-state index contributed by atoms with van der Waals surface area (Å²) in [5, 5.41) is 0.897. The minimum absolute atomic E-state index is 0.147. The van der Waals surface area contributed by atoms with E-state index in [1.165, 1.54) is 0 Å². The molecule has 5 nitrogen and oxygen atoms in total. The maximum Gasteiger partial charge on any atom is 0.256 e. The van der Waals surface area contributed by atoms with E-state index < -0.39 is 6.43 Å². The summed E-state index contributed by atoms with van der Waals surface area (Å²) >= 11 is 0. The molecule has 2 aromatic rings. The molecule has 148 valence electrons. The number of likely N-dealkylation sites (tertiary alicyclic amines) is 1. The lowest BCUT2D eigenvalue weighted by molar-refractivity contribution is -0.100. The van der Waals surface area contributed by atoms with Crippen LogP contribution in [0.4, 0.5) is 8.78 Å². The fraction of sp³-hybridized carbons (Fsp3) is 0.600. The highest BCUT2D eigenvalue weighted by atomic mass is 19.3. The Hall–Kier alpha value is -1.70. The number of halogens is 2. The Balaban J connectivity index is 1.34. The molecule has 2 aliphatic heterocycles. The van der Waals surface area contributed by atoms with Crippen LogP contribution in [0.1, 0.15) is 12.8 Å². The zero-order valence-electron chi connectivity index (χ0n) is 15.4. The van der Waals surface area contributed by atoms with Gasteiger partial charge in [-0.05, 0) is 31.0 Å². The van der Waals surface area contributed by atoms with Crippen molar-refractivity contribution in [2.75, 3.05) is 39.5 Å². The number of piperidine rings is 1. The molecule has 2 aliphatic rings. The van der Waals surface area contributed by atoms with E-state index in [1.807, 2.05) is 24.3 Å². The maximum absolute atomic E-state index is 12.7. The van der Waals surface area contributed by atoms with Crippen molar-refractivity contribution in [1.29, 1.82) is 0 Å². The van der Waals surface area contributed by atoms with Crippen LogP contribution in [0.5, 0.6) is 5.75 Å². The van der Waals surface area contributed by atoms with Crippen LogP contribution >= 0.6 is 0 Å². The van der Waals surface area contributed by atoms with Crippen molar-refractivity contribution in [3.8, 4) is 5.75 Å². The Kier molecular flexibility index (Phi) is 5.90. The summed E-state index contributed by atoms with van der Waals surface area (Å²) in [6.07, 6.45) is 1.54. The molecule has 4 rings (SSSR count). The summed E-state index contributed by atoms with van der Waals surface area (Å²) in [5.74, 6) is 0.781. The molecule has 0 N–H and O–H groups in total. The topological polar surface area (TPSA) is 35.9 Å². The average molecular weight is 380 g/mol. The van der Waals surface area contributed by atoms with Crippen molar-refractivity contribution >= 4 is 10.9 Å². The third-order valence-corrected chi connectivity index (χ3v) is 5.28. The third kappa shape index (κ3) is 4.59. The monoisotopic (exact) mass is 380 g/mol. The van der Waals surface area contributed by atoms with Crippen molar-refractivity contribution < 1.29 is 23.0 Å². The van der Waals surface area contributed by atoms with E-state index in [0.29, 0.717) is 19.8 Å². The summed E-state index contributed by atoms with van der Waals surface area (Å²) in [6.45, 7) is 4.58. The molecule has 1 aromatic carbocycles. The van der Waals surface area contributed by atoms with Gasteiger partial charge in [-0.3, -0.25) is 0 Å². The van der Waals surface area contributed by atoms with Crippen molar-refractivity contribution in [3.63, 3.8) is 0 Å². The Labute approximate surface area is 157 Å². The number of fused-ring (bicyclic) bond motifs is 1. The zero-order valence-corrected chi connectivity index (χ0v) is 15.4. The van der Waals surface area contributed by atoms with Gasteiger partial charge in [0.1, 0.15) is 11.9 Å². The Morgan fingerprint density at radius 3 is 2.74 bits per heavy atom. The molecule has 1 aromatic heterocycles. The molecule has 2 saturated heterocycles. The van der Waals surface area contributed by atoms with Crippen LogP contribution in [-0.4, -0.2) is 67.6 Å². The molecule has 1 atom stereocenters. The van der Waals surface area contributed by atoms with Crippen molar-refractivity contribution in [3.05, 3.63) is 30.5 Å². The number of rotatable bonds is 6. The minimum atomic E-state index is -2.37. The van der Waals surface area contributed by atoms with Crippen LogP contribution < -0.4 is 4.74 Å². The molecule has 3 heterocycles. The lowest BCUT2D eigenvalue weighted by Crippen LogP contribution is -2.45. The van der Waals surface area contributed by atoms with Crippen molar-refractivity contribution in [2.24, 2.45) is 0 Å². The van der Waals surface area contributed by atoms with Crippen LogP contribution in [0.15, 0.2) is 30.5 Å². The van der Waals surface area contributed by atoms with Crippen LogP contribution in [0, 0.1) is 0 Å². The van der Waals surface area contributed by atoms with Gasteiger partial charge in [-0.1, -0.05) is 6.07 Å². The quantitative estimate of drug-likeness (QED) is 0.771. The Morgan fingerprint density at radius 2 is 2.00 bits per heavy atom. The van der Waals surface area contributed by atoms with Gasteiger partial charge in [0.05, 0.1) is 38.0 Å². The normalized spacial score (nSPS) is 22.6. The molecular weight excluding hydrogens is 354 g/mol. The first kappa shape index (κ1) is 18.7. The molecule has 0 saturated carbocycles. The number of hydrogen-bond donors (Lipinski definition) is 0. The van der Waals surface area contributed by atoms with Gasteiger partial charge in [-0.25, -0.2) is 8.78 Å². The standard InChI is InChI=1S/C20H26F2N2O3/c21-20(22)13-24-9-6-17-18(24)2-1-3-19(17)27-15-4-7-23(8-5-15)12-16-14-25-10-11-26-16/h1-3,6,9,15-16,20H,4-5,7-8,10-14H2. The van der Waals surface area contributed by atoms with E-state index in [-0.39, 0.29) is 18.8 Å². The Bertz CT molecular complexity index is 738. The number of nitrogens with zero attached hydrogens (tertiary/aromatic N) is 2. The molecule has 2 fully saturated rings. The van der Waals surface area contributed by atoms with Crippen LogP contribution in [0.25, 0.3) is 10.9 Å². The molecule has 0 spiro atoms. The van der Waals surface area contributed by atoms with Gasteiger partial charge in [0.15, 0.2) is 0 Å². The summed E-state index contributed by atoms with van der Waals surface area (Å²) in [6, 6.07) is 7.52. The molecule has 27 heavy (non-hydrogen) atoms. The van der Waals surface area contributed by atoms with Gasteiger partial charge in [0.25, 0.3) is 6.43 Å². The first-order valence-electron chi connectivity index (χ1n) is 9.63. The Morgan fingerprint density at radius 1 is 1.15 bits per heavy atom. The summed E-state index contributed by atoms with van der Waals surface area (Å²) < 4.78 is 44.5. The predicted molar refractivity (Wildman–Crippen MR) is 98.6 cm³/mol. The number of benzene rings is 1. The van der Waals surface area contributed by atoms with Gasteiger partial charge in [0.2, 0.25) is 0 Å². The van der Waals surface area contributed by atoms with Crippen LogP contribution in [0.3, 0.4) is 0 Å². The van der Waals surface area contributed by atoms with Crippen molar-refractivity contribution in [1.82, 2.24) is 9.47 Å². The lowest BCUT2D eigenvalue weighted by atomic mass is 10.1. The summed E-state index contributed by atoms with van der Waals surface area (Å²) in [7, 11) is 0. The molecular formula is C20H26F2N2O3. The number of ether oxygens (including phenoxy) is 3. The largest absolute Gasteiger partial charge is 0.490 e. The first-order chi connectivity index (χ1) is 13.2. The highest BCUT2D eigenvalue weighted by molar-refractivity contribution is 5.86. The fourth-order valence-corrected chi connectivity index (χ4v) is 3.93. The molecule has 0 bridgehead atoms. The van der Waals surface area contributed by atoms with E-state index in [0.717, 1.165) is 49.1 Å². The van der Waals surface area contributed by atoms with E-state index in [9.17, 15) is 8.78 Å². The van der Waals surface area contributed by atoms with E-state index in [4.69, 9.17) is 14.2 Å². The lowest BCUT2D eigenvalue weighted by Gasteiger charge is -2.35. The van der Waals surface area contributed by atoms with E-state index in [1.54, 1.807) is 10.8 Å². The van der Waals surface area contributed by atoms with Crippen LogP contribution in [-0.2, 0) is 16.0 Å². The van der Waals surface area contributed by atoms with Gasteiger partial charge < -0.3 is 23.7 Å². The smallest absolute Gasteiger partial charge is 0.256 e. The number of alkyl halides is 2. The maximum atomic E-state index is 12.7. The highest BCUT2D eigenvalue weighted by Crippen LogP contribution is 2.29.